The number of ether oxygens (including phenoxy) is 1. The van der Waals surface area contributed by atoms with Gasteiger partial charge < -0.3 is 24.8 Å². The third-order valence-electron chi connectivity index (χ3n) is 7.07. The van der Waals surface area contributed by atoms with Gasteiger partial charge >= 0.3 is 0 Å². The highest BCUT2D eigenvalue weighted by molar-refractivity contribution is 7.80. The van der Waals surface area contributed by atoms with Gasteiger partial charge in [-0.1, -0.05) is 24.3 Å². The minimum absolute atomic E-state index is 0.114. The van der Waals surface area contributed by atoms with Gasteiger partial charge in [0.25, 0.3) is 0 Å². The number of hydrogen-bond acceptors (Lipinski definition) is 5. The van der Waals surface area contributed by atoms with E-state index in [4.69, 9.17) is 17.0 Å². The summed E-state index contributed by atoms with van der Waals surface area (Å²) in [7, 11) is 1.59. The number of nitrogens with one attached hydrogen (secondary N) is 2. The molecule has 0 aliphatic carbocycles. The number of benzene rings is 1. The summed E-state index contributed by atoms with van der Waals surface area (Å²) < 4.78 is 7.54. The van der Waals surface area contributed by atoms with Gasteiger partial charge in [0.2, 0.25) is 5.91 Å². The number of nitrogens with zero attached hydrogens (tertiary/aromatic N) is 4. The van der Waals surface area contributed by atoms with Crippen LogP contribution in [0.15, 0.2) is 73.1 Å². The molecule has 8 nitrogen and oxygen atoms in total. The molecule has 4 heterocycles. The first kappa shape index (κ1) is 26.4. The Morgan fingerprint density at radius 2 is 1.87 bits per heavy atom. The van der Waals surface area contributed by atoms with Crippen LogP contribution in [-0.2, 0) is 4.79 Å². The van der Waals surface area contributed by atoms with Crippen molar-refractivity contribution in [3.63, 3.8) is 0 Å². The van der Waals surface area contributed by atoms with Crippen LogP contribution in [0.1, 0.15) is 46.7 Å². The molecule has 5 rings (SSSR count). The minimum Gasteiger partial charge on any atom is -0.495 e. The Bertz CT molecular complexity index is 1490. The second-order valence-electron chi connectivity index (χ2n) is 9.67. The molecule has 2 N–H and O–H groups in total. The highest BCUT2D eigenvalue weighted by atomic mass is 32.1. The van der Waals surface area contributed by atoms with Crippen LogP contribution in [0.5, 0.6) is 5.75 Å². The standard InChI is InChI=1S/C30H32N6O2S/c1-19-12-13-26(32-18-19)36-20(2)17-22(21(36)3)29-28(24-10-7-8-15-31-24)34-30(39)35(29)16-14-27(37)33-23-9-5-6-11-25(23)38-4/h5-13,15,17-18,28-29H,14,16H2,1-4H3,(H,33,37)(H,34,39)/t28-,29+/m1/s1. The lowest BCUT2D eigenvalue weighted by Crippen LogP contribution is -2.33. The van der Waals surface area contributed by atoms with Gasteiger partial charge in [-0.05, 0) is 80.5 Å². The average molecular weight is 541 g/mol. The number of aryl methyl sites for hydroxylation is 2. The zero-order valence-corrected chi connectivity index (χ0v) is 23.3. The predicted octanol–water partition coefficient (Wildman–Crippen LogP) is 5.20. The Labute approximate surface area is 234 Å². The maximum absolute atomic E-state index is 13.0. The Kier molecular flexibility index (Phi) is 7.60. The molecule has 0 bridgehead atoms. The number of rotatable bonds is 8. The molecule has 200 valence electrons. The molecule has 39 heavy (non-hydrogen) atoms. The Morgan fingerprint density at radius 1 is 1.08 bits per heavy atom. The topological polar surface area (TPSA) is 84.3 Å². The number of methoxy groups -OCH3 is 1. The van der Waals surface area contributed by atoms with Crippen molar-refractivity contribution in [1.29, 1.82) is 0 Å². The molecule has 3 aromatic heterocycles. The fourth-order valence-electron chi connectivity index (χ4n) is 5.20. The van der Waals surface area contributed by atoms with Gasteiger partial charge in [-0.3, -0.25) is 9.78 Å². The number of pyridine rings is 2. The van der Waals surface area contributed by atoms with Gasteiger partial charge in [-0.2, -0.15) is 0 Å². The summed E-state index contributed by atoms with van der Waals surface area (Å²) in [5.41, 5.74) is 5.91. The molecule has 1 aliphatic heterocycles. The molecule has 1 saturated heterocycles. The van der Waals surface area contributed by atoms with Crippen LogP contribution in [0.3, 0.4) is 0 Å². The van der Waals surface area contributed by atoms with Gasteiger partial charge in [0.1, 0.15) is 11.6 Å². The summed E-state index contributed by atoms with van der Waals surface area (Å²) in [6.45, 7) is 6.65. The fourth-order valence-corrected chi connectivity index (χ4v) is 5.53. The summed E-state index contributed by atoms with van der Waals surface area (Å²) in [6, 6.07) is 19.2. The molecule has 1 fully saturated rings. The maximum Gasteiger partial charge on any atom is 0.226 e. The number of anilines is 1. The molecule has 0 spiro atoms. The second kappa shape index (κ2) is 11.2. The highest BCUT2D eigenvalue weighted by Crippen LogP contribution is 2.41. The monoisotopic (exact) mass is 540 g/mol. The molecule has 0 unspecified atom stereocenters. The molecule has 2 atom stereocenters. The number of carbonyl (C=O) groups excluding carboxylic acids is 1. The molecule has 0 radical (unpaired) electrons. The number of hydrogen-bond donors (Lipinski definition) is 2. The van der Waals surface area contributed by atoms with E-state index in [2.05, 4.69) is 56.0 Å². The van der Waals surface area contributed by atoms with Crippen LogP contribution >= 0.6 is 12.2 Å². The van der Waals surface area contributed by atoms with Crippen molar-refractivity contribution in [2.75, 3.05) is 19.0 Å². The number of aromatic nitrogens is 3. The van der Waals surface area contributed by atoms with Crippen molar-refractivity contribution < 1.29 is 9.53 Å². The lowest BCUT2D eigenvalue weighted by atomic mass is 9.96. The zero-order valence-electron chi connectivity index (χ0n) is 22.5. The number of carbonyl (C=O) groups is 1. The molecule has 4 aromatic rings. The molecule has 0 saturated carbocycles. The largest absolute Gasteiger partial charge is 0.495 e. The van der Waals surface area contributed by atoms with Gasteiger partial charge in [0.05, 0.1) is 30.6 Å². The van der Waals surface area contributed by atoms with Crippen molar-refractivity contribution in [1.82, 2.24) is 24.8 Å². The lowest BCUT2D eigenvalue weighted by molar-refractivity contribution is -0.116. The number of thiocarbonyl (C=S) groups is 1. The Balaban J connectivity index is 1.46. The Hall–Kier alpha value is -4.24. The van der Waals surface area contributed by atoms with Crippen molar-refractivity contribution in [3.8, 4) is 11.6 Å². The average Bonchev–Trinajstić information content (AvgIpc) is 3.43. The summed E-state index contributed by atoms with van der Waals surface area (Å²) in [5, 5.41) is 7.05. The third-order valence-corrected chi connectivity index (χ3v) is 7.42. The van der Waals surface area contributed by atoms with E-state index in [1.165, 1.54) is 0 Å². The molecule has 1 amide bonds. The summed E-state index contributed by atoms with van der Waals surface area (Å²) in [6.07, 6.45) is 3.92. The van der Waals surface area contributed by atoms with E-state index in [0.717, 1.165) is 34.0 Å². The van der Waals surface area contributed by atoms with E-state index in [-0.39, 0.29) is 24.4 Å². The minimum atomic E-state index is -0.170. The summed E-state index contributed by atoms with van der Waals surface area (Å²) >= 11 is 5.82. The van der Waals surface area contributed by atoms with E-state index < -0.39 is 0 Å². The van der Waals surface area contributed by atoms with Gasteiger partial charge in [-0.25, -0.2) is 4.98 Å². The molecule has 1 aromatic carbocycles. The van der Waals surface area contributed by atoms with Crippen LogP contribution < -0.4 is 15.4 Å². The molecule has 1 aliphatic rings. The summed E-state index contributed by atoms with van der Waals surface area (Å²) in [4.78, 5) is 24.4. The Morgan fingerprint density at radius 3 is 2.59 bits per heavy atom. The van der Waals surface area contributed by atoms with Gasteiger partial charge in [-0.15, -0.1) is 0 Å². The molecular formula is C30H32N6O2S. The van der Waals surface area contributed by atoms with Gasteiger partial charge in [0.15, 0.2) is 5.11 Å². The van der Waals surface area contributed by atoms with Crippen LogP contribution in [0.25, 0.3) is 5.82 Å². The lowest BCUT2D eigenvalue weighted by Gasteiger charge is -2.28. The first-order valence-corrected chi connectivity index (χ1v) is 13.3. The zero-order chi connectivity index (χ0) is 27.5. The van der Waals surface area contributed by atoms with E-state index >= 15 is 0 Å². The van der Waals surface area contributed by atoms with E-state index in [0.29, 0.717) is 23.1 Å². The maximum atomic E-state index is 13.0. The van der Waals surface area contributed by atoms with E-state index in [1.807, 2.05) is 61.7 Å². The van der Waals surface area contributed by atoms with Crippen molar-refractivity contribution in [2.24, 2.45) is 0 Å². The van der Waals surface area contributed by atoms with Crippen molar-refractivity contribution in [2.45, 2.75) is 39.3 Å². The van der Waals surface area contributed by atoms with Crippen molar-refractivity contribution >= 4 is 28.9 Å². The van der Waals surface area contributed by atoms with Crippen LogP contribution in [-0.4, -0.2) is 44.1 Å². The molecule has 9 heteroatoms. The second-order valence-corrected chi connectivity index (χ2v) is 10.1. The third kappa shape index (κ3) is 5.35. The predicted molar refractivity (Wildman–Crippen MR) is 156 cm³/mol. The molecular weight excluding hydrogens is 508 g/mol. The van der Waals surface area contributed by atoms with Crippen molar-refractivity contribution in [3.05, 3.63) is 101 Å². The van der Waals surface area contributed by atoms with Crippen LogP contribution in [0.4, 0.5) is 5.69 Å². The fraction of sp³-hybridized carbons (Fsp3) is 0.267. The van der Waals surface area contributed by atoms with E-state index in [1.54, 1.807) is 13.3 Å². The normalized spacial score (nSPS) is 16.7. The van der Waals surface area contributed by atoms with Gasteiger partial charge in [0, 0.05) is 36.7 Å². The summed E-state index contributed by atoms with van der Waals surface area (Å²) in [5.74, 6) is 1.37. The highest BCUT2D eigenvalue weighted by Gasteiger charge is 2.41. The first-order valence-electron chi connectivity index (χ1n) is 12.9. The quantitative estimate of drug-likeness (QED) is 0.297. The van der Waals surface area contributed by atoms with Crippen LogP contribution in [0, 0.1) is 20.8 Å². The van der Waals surface area contributed by atoms with E-state index in [9.17, 15) is 4.79 Å². The number of para-hydroxylation sites is 2. The first-order chi connectivity index (χ1) is 18.9. The smallest absolute Gasteiger partial charge is 0.226 e. The van der Waals surface area contributed by atoms with Crippen LogP contribution in [0.2, 0.25) is 0 Å². The SMILES string of the molecule is COc1ccccc1NC(=O)CCN1C(=S)N[C@H](c2ccccn2)[C@@H]1c1cc(C)n(-c2ccc(C)cn2)c1C. The number of amides is 1.